The van der Waals surface area contributed by atoms with Crippen LogP contribution in [-0.2, 0) is 19.4 Å². The molecule has 6 rings (SSSR count). The van der Waals surface area contributed by atoms with Crippen LogP contribution in [0.5, 0.6) is 5.75 Å². The molecule has 0 amide bonds. The third kappa shape index (κ3) is 7.30. The Hall–Kier alpha value is -4.03. The van der Waals surface area contributed by atoms with Crippen molar-refractivity contribution in [1.29, 1.82) is 0 Å². The molecule has 49 heavy (non-hydrogen) atoms. The number of benzene rings is 3. The highest BCUT2D eigenvalue weighted by atomic mass is 35.7. The van der Waals surface area contributed by atoms with E-state index in [9.17, 15) is 4.57 Å². The van der Waals surface area contributed by atoms with Crippen molar-refractivity contribution in [2.75, 3.05) is 47.2 Å². The number of ether oxygens (including phenoxy) is 2. The standard InChI is InChI=1S/C35H42ClN8O4P/c1-42(2)23-40-33-32-34(38-22-37-33)44(24-39-32)31-20-29(30(48-31)21-47-49(36,45)43(3)4)41-35(25-12-8-6-9-13-25,26-14-10-7-11-15-26)27-16-18-28(46-5)19-17-27/h6-19,22-24,29-31,33,41H,20-21H2,1-5H3,(H,37,38). The van der Waals surface area contributed by atoms with Gasteiger partial charge in [0.1, 0.15) is 23.5 Å². The molecule has 0 saturated carbocycles. The lowest BCUT2D eigenvalue weighted by Crippen LogP contribution is -2.53. The van der Waals surface area contributed by atoms with Gasteiger partial charge in [0.15, 0.2) is 6.17 Å². The zero-order chi connectivity index (χ0) is 34.6. The molecule has 2 aliphatic heterocycles. The van der Waals surface area contributed by atoms with Gasteiger partial charge in [0, 0.05) is 26.6 Å². The van der Waals surface area contributed by atoms with Gasteiger partial charge in [-0.25, -0.2) is 19.6 Å². The third-order valence-electron chi connectivity index (χ3n) is 8.68. The molecule has 1 aromatic heterocycles. The highest BCUT2D eigenvalue weighted by Crippen LogP contribution is 2.54. The first-order valence-electron chi connectivity index (χ1n) is 16.0. The fourth-order valence-corrected chi connectivity index (χ4v) is 6.94. The average Bonchev–Trinajstić information content (AvgIpc) is 3.73. The number of halogens is 1. The Labute approximate surface area is 292 Å². The number of imidazole rings is 1. The molecule has 5 unspecified atom stereocenters. The predicted molar refractivity (Wildman–Crippen MR) is 194 cm³/mol. The van der Waals surface area contributed by atoms with Gasteiger partial charge in [-0.05, 0) is 54.2 Å². The summed E-state index contributed by atoms with van der Waals surface area (Å²) in [5.41, 5.74) is 2.93. The maximum atomic E-state index is 13.2. The summed E-state index contributed by atoms with van der Waals surface area (Å²) in [5, 5.41) is 7.29. The average molecular weight is 705 g/mol. The molecule has 5 atom stereocenters. The van der Waals surface area contributed by atoms with Gasteiger partial charge in [-0.1, -0.05) is 72.8 Å². The summed E-state index contributed by atoms with van der Waals surface area (Å²) < 4.78 is 34.7. The number of nitrogens with zero attached hydrogens (tertiary/aromatic N) is 6. The second-order valence-corrected chi connectivity index (χ2v) is 15.6. The van der Waals surface area contributed by atoms with Crippen molar-refractivity contribution in [2.24, 2.45) is 9.98 Å². The molecule has 14 heteroatoms. The van der Waals surface area contributed by atoms with Crippen molar-refractivity contribution in [1.82, 2.24) is 24.4 Å². The van der Waals surface area contributed by atoms with Gasteiger partial charge in [-0.3, -0.25) is 14.4 Å². The van der Waals surface area contributed by atoms with Crippen LogP contribution >= 0.6 is 18.1 Å². The smallest absolute Gasteiger partial charge is 0.362 e. The molecule has 0 spiro atoms. The zero-order valence-electron chi connectivity index (χ0n) is 28.2. The minimum atomic E-state index is -3.59. The number of hydrogen-bond donors (Lipinski definition) is 2. The van der Waals surface area contributed by atoms with E-state index in [0.29, 0.717) is 12.1 Å². The molecule has 3 heterocycles. The first kappa shape index (κ1) is 34.8. The molecule has 0 radical (unpaired) electrons. The van der Waals surface area contributed by atoms with E-state index in [1.807, 2.05) is 72.1 Å². The van der Waals surface area contributed by atoms with E-state index in [2.05, 4.69) is 57.0 Å². The minimum absolute atomic E-state index is 0.0169. The quantitative estimate of drug-likeness (QED) is 0.0737. The van der Waals surface area contributed by atoms with Crippen molar-refractivity contribution >= 4 is 36.6 Å². The molecule has 1 fully saturated rings. The fourth-order valence-electron chi connectivity index (χ4n) is 6.21. The van der Waals surface area contributed by atoms with E-state index in [0.717, 1.165) is 28.3 Å². The summed E-state index contributed by atoms with van der Waals surface area (Å²) in [6, 6.07) is 28.4. The monoisotopic (exact) mass is 704 g/mol. The Morgan fingerprint density at radius 3 is 2.27 bits per heavy atom. The van der Waals surface area contributed by atoms with Gasteiger partial charge >= 0.3 is 6.87 Å². The molecule has 4 aromatic rings. The van der Waals surface area contributed by atoms with E-state index in [-0.39, 0.29) is 12.6 Å². The molecule has 2 aliphatic rings. The van der Waals surface area contributed by atoms with Crippen LogP contribution in [0.3, 0.4) is 0 Å². The van der Waals surface area contributed by atoms with Gasteiger partial charge in [0.25, 0.3) is 0 Å². The van der Waals surface area contributed by atoms with Crippen molar-refractivity contribution in [3.8, 4) is 5.75 Å². The maximum Gasteiger partial charge on any atom is 0.362 e. The van der Waals surface area contributed by atoms with Crippen LogP contribution in [0.25, 0.3) is 0 Å². The lowest BCUT2D eigenvalue weighted by atomic mass is 9.76. The maximum absolute atomic E-state index is 13.2. The summed E-state index contributed by atoms with van der Waals surface area (Å²) in [4.78, 5) is 15.6. The number of fused-ring (bicyclic) bond motifs is 1. The SMILES string of the molecule is COc1ccc(C(NC2CC(n3cnc4c3NC=NC4N=CN(C)C)OC2COP(=O)(Cl)N(C)C)(c2ccccc2)c2ccccc2)cc1. The third-order valence-corrected chi connectivity index (χ3v) is 11.3. The summed E-state index contributed by atoms with van der Waals surface area (Å²) in [7, 11) is 8.72. The van der Waals surface area contributed by atoms with E-state index in [1.54, 1.807) is 40.2 Å². The van der Waals surface area contributed by atoms with Crippen LogP contribution in [0.1, 0.15) is 41.2 Å². The highest BCUT2D eigenvalue weighted by Gasteiger charge is 2.46. The summed E-state index contributed by atoms with van der Waals surface area (Å²) in [6.45, 7) is -3.60. The molecule has 0 aliphatic carbocycles. The van der Waals surface area contributed by atoms with E-state index in [1.165, 1.54) is 4.67 Å². The van der Waals surface area contributed by atoms with Crippen molar-refractivity contribution in [2.45, 2.75) is 36.5 Å². The summed E-state index contributed by atoms with van der Waals surface area (Å²) in [6.07, 6.45) is 4.10. The Balaban J connectivity index is 1.43. The molecule has 1 saturated heterocycles. The summed E-state index contributed by atoms with van der Waals surface area (Å²) >= 11 is 6.36. The van der Waals surface area contributed by atoms with Gasteiger partial charge in [-0.2, -0.15) is 0 Å². The Morgan fingerprint density at radius 1 is 1.04 bits per heavy atom. The van der Waals surface area contributed by atoms with Crippen molar-refractivity contribution in [3.63, 3.8) is 0 Å². The molecular formula is C35H42ClN8O4P. The van der Waals surface area contributed by atoms with Gasteiger partial charge in [-0.15, -0.1) is 0 Å². The van der Waals surface area contributed by atoms with Crippen molar-refractivity contribution < 1.29 is 18.6 Å². The van der Waals surface area contributed by atoms with Crippen LogP contribution in [0, 0.1) is 0 Å². The number of aromatic nitrogens is 2. The Kier molecular flexibility index (Phi) is 10.5. The van der Waals surface area contributed by atoms with E-state index >= 15 is 0 Å². The van der Waals surface area contributed by atoms with Gasteiger partial charge in [0.2, 0.25) is 0 Å². The molecule has 2 N–H and O–H groups in total. The topological polar surface area (TPSA) is 118 Å². The second kappa shape index (κ2) is 14.8. The van der Waals surface area contributed by atoms with Gasteiger partial charge in [0.05, 0.1) is 44.4 Å². The molecule has 0 bridgehead atoms. The number of hydrogen-bond acceptors (Lipinski definition) is 9. The normalized spacial score (nSPS) is 21.8. The van der Waals surface area contributed by atoms with Crippen LogP contribution in [0.4, 0.5) is 5.82 Å². The molecule has 3 aromatic carbocycles. The number of methoxy groups -OCH3 is 1. The first-order valence-corrected chi connectivity index (χ1v) is 18.5. The molecule has 258 valence electrons. The number of rotatable bonds is 13. The number of aliphatic imine (C=N–C) groups is 2. The van der Waals surface area contributed by atoms with Crippen LogP contribution < -0.4 is 15.4 Å². The van der Waals surface area contributed by atoms with Gasteiger partial charge < -0.3 is 24.2 Å². The Morgan fingerprint density at radius 2 is 1.67 bits per heavy atom. The highest BCUT2D eigenvalue weighted by molar-refractivity contribution is 7.83. The predicted octanol–water partition coefficient (Wildman–Crippen LogP) is 6.10. The lowest BCUT2D eigenvalue weighted by Gasteiger charge is -2.40. The first-order chi connectivity index (χ1) is 23.6. The number of anilines is 1. The van der Waals surface area contributed by atoms with E-state index in [4.69, 9.17) is 30.2 Å². The van der Waals surface area contributed by atoms with Crippen LogP contribution in [0.2, 0.25) is 0 Å². The Bertz CT molecular complexity index is 1760. The fraction of sp³-hybridized carbons (Fsp3) is 0.343. The second-order valence-electron chi connectivity index (χ2n) is 12.3. The zero-order valence-corrected chi connectivity index (χ0v) is 29.8. The molecule has 12 nitrogen and oxygen atoms in total. The largest absolute Gasteiger partial charge is 0.497 e. The minimum Gasteiger partial charge on any atom is -0.497 e. The summed E-state index contributed by atoms with van der Waals surface area (Å²) in [5.74, 6) is 1.50. The van der Waals surface area contributed by atoms with Crippen molar-refractivity contribution in [3.05, 3.63) is 114 Å². The lowest BCUT2D eigenvalue weighted by molar-refractivity contribution is -0.0222. The van der Waals surface area contributed by atoms with Crippen LogP contribution in [-0.4, -0.2) is 85.9 Å². The van der Waals surface area contributed by atoms with Crippen LogP contribution in [0.15, 0.2) is 101 Å². The molecular weight excluding hydrogens is 663 g/mol. The number of nitrogens with one attached hydrogen (secondary N) is 2. The van der Waals surface area contributed by atoms with E-state index < -0.39 is 30.9 Å².